The number of carbonyl (C=O) groups is 3. The summed E-state index contributed by atoms with van der Waals surface area (Å²) in [7, 11) is 0. The summed E-state index contributed by atoms with van der Waals surface area (Å²) in [5.74, 6) is -2.55. The van der Waals surface area contributed by atoms with E-state index in [0.29, 0.717) is 34.5 Å². The molecule has 0 unspecified atom stereocenters. The highest BCUT2D eigenvalue weighted by atomic mass is 16.8. The molecule has 0 spiro atoms. The van der Waals surface area contributed by atoms with Crippen molar-refractivity contribution in [3.05, 3.63) is 36.4 Å². The van der Waals surface area contributed by atoms with Gasteiger partial charge in [-0.3, -0.25) is 14.4 Å². The molecule has 12 heteroatoms. The zero-order valence-corrected chi connectivity index (χ0v) is 35.1. The number of rotatable bonds is 9. The van der Waals surface area contributed by atoms with Gasteiger partial charge in [-0.05, 0) is 89.5 Å². The van der Waals surface area contributed by atoms with Crippen molar-refractivity contribution in [3.8, 4) is 34.5 Å². The number of hydrogen-bond acceptors (Lipinski definition) is 12. The highest BCUT2D eigenvalue weighted by Crippen LogP contribution is 2.57. The molecule has 3 aliphatic rings. The molecule has 3 heterocycles. The Labute approximate surface area is 333 Å². The van der Waals surface area contributed by atoms with Gasteiger partial charge in [0.25, 0.3) is 17.4 Å². The van der Waals surface area contributed by atoms with Crippen molar-refractivity contribution < 1.29 is 57.0 Å². The third-order valence-electron chi connectivity index (χ3n) is 11.2. The fourth-order valence-corrected chi connectivity index (χ4v) is 7.76. The summed E-state index contributed by atoms with van der Waals surface area (Å²) in [6.45, 7) is 23.6. The van der Waals surface area contributed by atoms with Gasteiger partial charge in [0.15, 0.2) is 34.5 Å². The van der Waals surface area contributed by atoms with Crippen LogP contribution in [-0.4, -0.2) is 55.1 Å². The lowest BCUT2D eigenvalue weighted by atomic mass is 9.83. The van der Waals surface area contributed by atoms with Gasteiger partial charge in [0.05, 0.1) is 19.8 Å². The van der Waals surface area contributed by atoms with E-state index in [2.05, 4.69) is 0 Å². The third-order valence-corrected chi connectivity index (χ3v) is 11.2. The fraction of sp³-hybridized carbons (Fsp3) is 0.533. The lowest BCUT2D eigenvalue weighted by Crippen LogP contribution is -2.52. The monoisotopic (exact) mass is 786 g/mol. The second-order valence-corrected chi connectivity index (χ2v) is 18.1. The van der Waals surface area contributed by atoms with Crippen molar-refractivity contribution >= 4 is 50.2 Å². The van der Waals surface area contributed by atoms with Crippen molar-refractivity contribution in [2.24, 2.45) is 16.2 Å². The van der Waals surface area contributed by atoms with E-state index in [-0.39, 0.29) is 39.1 Å². The molecule has 0 amide bonds. The Kier molecular flexibility index (Phi) is 9.48. The van der Waals surface area contributed by atoms with E-state index in [1.54, 1.807) is 20.8 Å². The third kappa shape index (κ3) is 6.58. The number of ether oxygens (including phenoxy) is 9. The molecule has 4 aromatic rings. The molecule has 12 nitrogen and oxygen atoms in total. The lowest BCUT2D eigenvalue weighted by Gasteiger charge is -2.38. The van der Waals surface area contributed by atoms with E-state index in [1.807, 2.05) is 98.7 Å². The van der Waals surface area contributed by atoms with Crippen molar-refractivity contribution in [3.63, 3.8) is 0 Å². The summed E-state index contributed by atoms with van der Waals surface area (Å²) in [6, 6.07) is 11.5. The van der Waals surface area contributed by atoms with Crippen molar-refractivity contribution in [1.29, 1.82) is 0 Å². The average molecular weight is 787 g/mol. The van der Waals surface area contributed by atoms with E-state index >= 15 is 0 Å². The first-order chi connectivity index (χ1) is 26.6. The summed E-state index contributed by atoms with van der Waals surface area (Å²) < 4.78 is 56.0. The Morgan fingerprint density at radius 2 is 0.579 bits per heavy atom. The molecule has 3 aliphatic heterocycles. The highest BCUT2D eigenvalue weighted by Gasteiger charge is 2.56. The van der Waals surface area contributed by atoms with Gasteiger partial charge in [-0.25, -0.2) is 0 Å². The fourth-order valence-electron chi connectivity index (χ4n) is 7.76. The largest absolute Gasteiger partial charge is 0.466 e. The average Bonchev–Trinajstić information content (AvgIpc) is 3.77. The van der Waals surface area contributed by atoms with Gasteiger partial charge in [-0.15, -0.1) is 0 Å². The van der Waals surface area contributed by atoms with E-state index in [4.69, 9.17) is 42.6 Å². The number of hydrogen-bond donors (Lipinski definition) is 0. The SMILES string of the molecule is CCOC(=O)CC1(C(C)(C)C)Oc2cc3c4cc5c(cc4c4cc6c(cc4c3cc2O1)OC(CC(=O)OCC)(C(C)(C)C)O6)OC(CC(=O)OCC)(C(C)(C)C)O5. The molecule has 7 rings (SSSR count). The van der Waals surface area contributed by atoms with Crippen molar-refractivity contribution in [1.82, 2.24) is 0 Å². The van der Waals surface area contributed by atoms with Gasteiger partial charge < -0.3 is 42.6 Å². The molecule has 0 saturated carbocycles. The smallest absolute Gasteiger partial charge is 0.313 e. The highest BCUT2D eigenvalue weighted by molar-refractivity contribution is 6.27. The van der Waals surface area contributed by atoms with Gasteiger partial charge in [-0.2, -0.15) is 0 Å². The minimum absolute atomic E-state index is 0.126. The molecule has 0 aromatic heterocycles. The topological polar surface area (TPSA) is 134 Å². The molecular weight excluding hydrogens is 732 g/mol. The predicted octanol–water partition coefficient (Wildman–Crippen LogP) is 9.55. The summed E-state index contributed by atoms with van der Waals surface area (Å²) in [5, 5.41) is 4.82. The van der Waals surface area contributed by atoms with Crippen LogP contribution in [0.4, 0.5) is 0 Å². The van der Waals surface area contributed by atoms with E-state index in [0.717, 1.165) is 32.3 Å². The summed E-state index contributed by atoms with van der Waals surface area (Å²) in [6.07, 6.45) is -0.378. The van der Waals surface area contributed by atoms with E-state index in [1.165, 1.54) is 0 Å². The Bertz CT molecular complexity index is 1910. The first-order valence-electron chi connectivity index (χ1n) is 19.7. The standard InChI is InChI=1S/C45H54O12/c1-13-49-37(46)22-43(40(4,5)6)52-31-16-25-26(17-32(31)53-43)28-19-34-36(57-45(55-34,42(10,11)12)24-39(48)51-15-3)21-30(28)29-20-35-33(18-27(25)29)54-44(56-35,41(7,8)9)23-38(47)50-14-2/h16-21H,13-15,22-24H2,1-12H3. The van der Waals surface area contributed by atoms with Crippen LogP contribution in [-0.2, 0) is 28.6 Å². The normalized spacial score (nSPS) is 22.3. The van der Waals surface area contributed by atoms with Gasteiger partial charge in [0, 0.05) is 16.2 Å². The molecule has 57 heavy (non-hydrogen) atoms. The van der Waals surface area contributed by atoms with Crippen LogP contribution in [0.3, 0.4) is 0 Å². The Hall–Kier alpha value is -5.13. The molecule has 0 aliphatic carbocycles. The maximum atomic E-state index is 13.0. The molecule has 306 valence electrons. The lowest BCUT2D eigenvalue weighted by molar-refractivity contribution is -0.184. The van der Waals surface area contributed by atoms with Gasteiger partial charge in [0.2, 0.25) is 0 Å². The Balaban J connectivity index is 1.47. The molecule has 0 saturated heterocycles. The van der Waals surface area contributed by atoms with Crippen LogP contribution in [0.2, 0.25) is 0 Å². The van der Waals surface area contributed by atoms with E-state index in [9.17, 15) is 14.4 Å². The van der Waals surface area contributed by atoms with Crippen LogP contribution < -0.4 is 28.4 Å². The number of fused-ring (bicyclic) bond motifs is 9. The van der Waals surface area contributed by atoms with Crippen LogP contribution in [0, 0.1) is 16.2 Å². The predicted molar refractivity (Wildman–Crippen MR) is 213 cm³/mol. The molecule has 0 atom stereocenters. The second-order valence-electron chi connectivity index (χ2n) is 18.1. The first kappa shape index (κ1) is 40.1. The molecule has 0 radical (unpaired) electrons. The van der Waals surface area contributed by atoms with Crippen LogP contribution in [0.1, 0.15) is 102 Å². The van der Waals surface area contributed by atoms with Crippen molar-refractivity contribution in [2.75, 3.05) is 19.8 Å². The summed E-state index contributed by atoms with van der Waals surface area (Å²) in [5.41, 5.74) is -1.92. The first-order valence-corrected chi connectivity index (χ1v) is 19.7. The maximum Gasteiger partial charge on any atom is 0.313 e. The Morgan fingerprint density at radius 1 is 0.404 bits per heavy atom. The molecule has 0 fully saturated rings. The maximum absolute atomic E-state index is 13.0. The van der Waals surface area contributed by atoms with E-state index < -0.39 is 51.5 Å². The number of benzene rings is 4. The molecule has 0 N–H and O–H groups in total. The minimum atomic E-state index is -1.35. The summed E-state index contributed by atoms with van der Waals surface area (Å²) >= 11 is 0. The van der Waals surface area contributed by atoms with Crippen molar-refractivity contribution in [2.45, 2.75) is 120 Å². The number of esters is 3. The van der Waals surface area contributed by atoms with Gasteiger partial charge in [-0.1, -0.05) is 62.3 Å². The summed E-state index contributed by atoms with van der Waals surface area (Å²) in [4.78, 5) is 38.9. The Morgan fingerprint density at radius 3 is 0.719 bits per heavy atom. The quantitative estimate of drug-likeness (QED) is 0.0909. The van der Waals surface area contributed by atoms with Crippen LogP contribution >= 0.6 is 0 Å². The number of carbonyl (C=O) groups excluding carboxylic acids is 3. The molecule has 0 bridgehead atoms. The van der Waals surface area contributed by atoms with Crippen LogP contribution in [0.5, 0.6) is 34.5 Å². The zero-order chi connectivity index (χ0) is 41.5. The van der Waals surface area contributed by atoms with Crippen LogP contribution in [0.25, 0.3) is 32.3 Å². The zero-order valence-electron chi connectivity index (χ0n) is 35.1. The second kappa shape index (κ2) is 13.5. The van der Waals surface area contributed by atoms with Crippen LogP contribution in [0.15, 0.2) is 36.4 Å². The minimum Gasteiger partial charge on any atom is -0.466 e. The van der Waals surface area contributed by atoms with Gasteiger partial charge in [0.1, 0.15) is 19.3 Å². The molecule has 4 aromatic carbocycles. The van der Waals surface area contributed by atoms with Gasteiger partial charge >= 0.3 is 17.9 Å². The molecular formula is C45H54O12.